The van der Waals surface area contributed by atoms with Gasteiger partial charge in [0.25, 0.3) is 0 Å². The minimum Gasteiger partial charge on any atom is -0.480 e. The lowest BCUT2D eigenvalue weighted by molar-refractivity contribution is -0.139. The van der Waals surface area contributed by atoms with E-state index in [9.17, 15) is 9.90 Å². The molecule has 5 fully saturated rings. The molecule has 0 radical (unpaired) electrons. The Morgan fingerprint density at radius 3 is 2.22 bits per heavy atom. The first-order valence-electron chi connectivity index (χ1n) is 14.8. The molecule has 3 aliphatic heterocycles. The molecule has 0 spiro atoms. The van der Waals surface area contributed by atoms with E-state index in [-0.39, 0.29) is 6.54 Å². The molecule has 6 atom stereocenters. The molecular weight excluding hydrogens is 448 g/mol. The van der Waals surface area contributed by atoms with Gasteiger partial charge in [0.05, 0.1) is 17.6 Å². The van der Waals surface area contributed by atoms with Crippen molar-refractivity contribution < 1.29 is 9.90 Å². The van der Waals surface area contributed by atoms with Crippen LogP contribution in [0.2, 0.25) is 0 Å². The highest BCUT2D eigenvalue weighted by Crippen LogP contribution is 2.48. The van der Waals surface area contributed by atoms with E-state index in [0.717, 1.165) is 36.5 Å². The predicted octanol–water partition coefficient (Wildman–Crippen LogP) is 5.44. The van der Waals surface area contributed by atoms with Gasteiger partial charge >= 0.3 is 5.97 Å². The fraction of sp³-hybridized carbons (Fsp3) is 0.733. The second-order valence-electron chi connectivity index (χ2n) is 12.8. The molecule has 2 aliphatic carbocycles. The highest BCUT2D eigenvalue weighted by Gasteiger charge is 2.46. The summed E-state index contributed by atoms with van der Waals surface area (Å²) in [6.07, 6.45) is 16.9. The minimum atomic E-state index is -0.732. The van der Waals surface area contributed by atoms with Crippen LogP contribution in [0.1, 0.15) is 94.8 Å². The van der Waals surface area contributed by atoms with Crippen molar-refractivity contribution in [1.82, 2.24) is 19.4 Å². The molecule has 2 aromatic rings. The fourth-order valence-corrected chi connectivity index (χ4v) is 9.09. The number of imidazole rings is 1. The summed E-state index contributed by atoms with van der Waals surface area (Å²) in [5, 5.41) is 9.20. The summed E-state index contributed by atoms with van der Waals surface area (Å²) in [7, 11) is 0. The standard InChI is InChI=1S/C30H42N4O2/c35-29(36)19-32-17-22(18-32)30-31-27-10-3-4-11-28(27)34(30)26-15-23-8-5-9-24(16-26)33(23)25-13-20-6-1-2-7-21(12-20)14-25/h3-4,10-11,20-26H,1-2,5-9,12-19H2,(H,35,36)/t20-,21+,23-,24+,25-,26?. The van der Waals surface area contributed by atoms with E-state index in [1.807, 2.05) is 4.90 Å². The predicted molar refractivity (Wildman–Crippen MR) is 141 cm³/mol. The first-order valence-corrected chi connectivity index (χ1v) is 14.8. The molecule has 3 saturated heterocycles. The van der Waals surface area contributed by atoms with E-state index < -0.39 is 5.97 Å². The zero-order valence-corrected chi connectivity index (χ0v) is 21.6. The van der Waals surface area contributed by atoms with Crippen molar-refractivity contribution in [3.63, 3.8) is 0 Å². The molecule has 36 heavy (non-hydrogen) atoms. The molecule has 4 bridgehead atoms. The van der Waals surface area contributed by atoms with Gasteiger partial charge in [-0.05, 0) is 68.9 Å². The molecule has 6 heteroatoms. The highest BCUT2D eigenvalue weighted by atomic mass is 16.4. The lowest BCUT2D eigenvalue weighted by atomic mass is 9.73. The van der Waals surface area contributed by atoms with Crippen molar-refractivity contribution in [3.8, 4) is 0 Å². The molecule has 1 aromatic carbocycles. The van der Waals surface area contributed by atoms with Crippen LogP contribution in [0.25, 0.3) is 11.0 Å². The molecule has 2 saturated carbocycles. The maximum atomic E-state index is 11.2. The van der Waals surface area contributed by atoms with E-state index in [4.69, 9.17) is 4.98 Å². The number of hydrogen-bond donors (Lipinski definition) is 1. The number of likely N-dealkylation sites (tertiary alicyclic amines) is 1. The third-order valence-electron chi connectivity index (χ3n) is 10.4. The van der Waals surface area contributed by atoms with Gasteiger partial charge in [-0.25, -0.2) is 4.98 Å². The van der Waals surface area contributed by atoms with Gasteiger partial charge in [0.15, 0.2) is 0 Å². The second-order valence-corrected chi connectivity index (χ2v) is 12.8. The smallest absolute Gasteiger partial charge is 0.317 e. The maximum absolute atomic E-state index is 11.2. The Morgan fingerprint density at radius 1 is 0.833 bits per heavy atom. The zero-order valence-electron chi connectivity index (χ0n) is 21.6. The van der Waals surface area contributed by atoms with Crippen LogP contribution in [0.15, 0.2) is 24.3 Å². The van der Waals surface area contributed by atoms with Crippen molar-refractivity contribution in [2.75, 3.05) is 19.6 Å². The lowest BCUT2D eigenvalue weighted by Crippen LogP contribution is -2.58. The monoisotopic (exact) mass is 490 g/mol. The van der Waals surface area contributed by atoms with Gasteiger partial charge < -0.3 is 9.67 Å². The third-order valence-corrected chi connectivity index (χ3v) is 10.4. The number of para-hydroxylation sites is 2. The van der Waals surface area contributed by atoms with E-state index in [1.54, 1.807) is 0 Å². The Balaban J connectivity index is 1.15. The van der Waals surface area contributed by atoms with E-state index in [0.29, 0.717) is 24.0 Å². The largest absolute Gasteiger partial charge is 0.480 e. The van der Waals surface area contributed by atoms with Gasteiger partial charge in [0, 0.05) is 43.2 Å². The second kappa shape index (κ2) is 9.43. The van der Waals surface area contributed by atoms with Crippen LogP contribution in [-0.2, 0) is 4.79 Å². The molecule has 7 rings (SSSR count). The molecule has 4 heterocycles. The van der Waals surface area contributed by atoms with Crippen LogP contribution in [0, 0.1) is 11.8 Å². The number of aliphatic carboxylic acids is 1. The average Bonchev–Trinajstić information content (AvgIpc) is 3.12. The summed E-state index contributed by atoms with van der Waals surface area (Å²) in [5.74, 6) is 2.77. The Labute approximate surface area is 215 Å². The number of carbonyl (C=O) groups is 1. The van der Waals surface area contributed by atoms with Crippen LogP contribution in [-0.4, -0.2) is 68.2 Å². The molecule has 0 amide bonds. The first-order chi connectivity index (χ1) is 17.6. The zero-order chi connectivity index (χ0) is 24.2. The van der Waals surface area contributed by atoms with Gasteiger partial charge in [-0.3, -0.25) is 14.6 Å². The van der Waals surface area contributed by atoms with Crippen molar-refractivity contribution in [3.05, 3.63) is 30.1 Å². The quantitative estimate of drug-likeness (QED) is 0.605. The van der Waals surface area contributed by atoms with Crippen LogP contribution in [0.5, 0.6) is 0 Å². The Bertz CT molecular complexity index is 1080. The Hall–Kier alpha value is -1.92. The summed E-state index contributed by atoms with van der Waals surface area (Å²) in [4.78, 5) is 21.4. The van der Waals surface area contributed by atoms with Crippen LogP contribution in [0.4, 0.5) is 0 Å². The number of rotatable bonds is 5. The van der Waals surface area contributed by atoms with Crippen LogP contribution >= 0.6 is 0 Å². The number of piperidine rings is 2. The Morgan fingerprint density at radius 2 is 1.53 bits per heavy atom. The summed E-state index contributed by atoms with van der Waals surface area (Å²) < 4.78 is 2.61. The van der Waals surface area contributed by atoms with Crippen molar-refractivity contribution in [2.45, 2.75) is 107 Å². The Kier molecular flexibility index (Phi) is 6.08. The molecule has 1 N–H and O–H groups in total. The SMILES string of the molecule is O=C(O)CN1CC(c2nc3ccccc3n2C2C[C@H]3CCC[C@@H](C2)N3[C@@H]2C[C@@H]3CCCC[C@@H](C3)C2)C1. The first kappa shape index (κ1) is 23.2. The molecule has 194 valence electrons. The minimum absolute atomic E-state index is 0.142. The van der Waals surface area contributed by atoms with E-state index in [2.05, 4.69) is 33.7 Å². The van der Waals surface area contributed by atoms with Gasteiger partial charge in [0.1, 0.15) is 5.82 Å². The normalized spacial score (nSPS) is 35.9. The van der Waals surface area contributed by atoms with Crippen molar-refractivity contribution in [2.24, 2.45) is 11.8 Å². The van der Waals surface area contributed by atoms with Crippen LogP contribution in [0.3, 0.4) is 0 Å². The van der Waals surface area contributed by atoms with Crippen molar-refractivity contribution in [1.29, 1.82) is 0 Å². The molecule has 1 unspecified atom stereocenters. The number of benzene rings is 1. The summed E-state index contributed by atoms with van der Waals surface area (Å²) in [5.41, 5.74) is 2.39. The number of hydrogen-bond acceptors (Lipinski definition) is 4. The molecule has 6 nitrogen and oxygen atoms in total. The van der Waals surface area contributed by atoms with Gasteiger partial charge in [-0.1, -0.05) is 44.2 Å². The maximum Gasteiger partial charge on any atom is 0.317 e. The highest BCUT2D eigenvalue weighted by molar-refractivity contribution is 5.76. The van der Waals surface area contributed by atoms with Crippen LogP contribution < -0.4 is 0 Å². The number of nitrogens with zero attached hydrogens (tertiary/aromatic N) is 4. The van der Waals surface area contributed by atoms with Crippen molar-refractivity contribution >= 4 is 17.0 Å². The molecule has 1 aromatic heterocycles. The summed E-state index contributed by atoms with van der Waals surface area (Å²) >= 11 is 0. The molecular formula is C30H42N4O2. The number of carboxylic acids is 1. The third kappa shape index (κ3) is 4.18. The fourth-order valence-electron chi connectivity index (χ4n) is 9.09. The van der Waals surface area contributed by atoms with E-state index in [1.165, 1.54) is 88.4 Å². The van der Waals surface area contributed by atoms with Gasteiger partial charge in [0.2, 0.25) is 0 Å². The van der Waals surface area contributed by atoms with Gasteiger partial charge in [-0.2, -0.15) is 0 Å². The molecule has 5 aliphatic rings. The van der Waals surface area contributed by atoms with Gasteiger partial charge in [-0.15, -0.1) is 0 Å². The summed E-state index contributed by atoms with van der Waals surface area (Å²) in [6, 6.07) is 11.4. The lowest BCUT2D eigenvalue weighted by Gasteiger charge is -2.55. The van der Waals surface area contributed by atoms with E-state index >= 15 is 0 Å². The number of carboxylic acid groups (broad SMARTS) is 1. The average molecular weight is 491 g/mol. The topological polar surface area (TPSA) is 61.6 Å². The number of fused-ring (bicyclic) bond motifs is 5. The summed E-state index contributed by atoms with van der Waals surface area (Å²) in [6.45, 7) is 1.76. The number of aromatic nitrogens is 2.